The first-order valence-electron chi connectivity index (χ1n) is 8.72. The van der Waals surface area contributed by atoms with Crippen LogP contribution in [0.3, 0.4) is 0 Å². The molecule has 0 saturated carbocycles. The van der Waals surface area contributed by atoms with Gasteiger partial charge in [-0.3, -0.25) is 10.1 Å². The predicted octanol–water partition coefficient (Wildman–Crippen LogP) is 2.80. The van der Waals surface area contributed by atoms with Crippen LogP contribution in [0.4, 0.5) is 16.3 Å². The predicted molar refractivity (Wildman–Crippen MR) is 103 cm³/mol. The molecule has 0 aliphatic rings. The van der Waals surface area contributed by atoms with Crippen molar-refractivity contribution in [3.8, 4) is 0 Å². The summed E-state index contributed by atoms with van der Waals surface area (Å²) in [6.45, 7) is 7.56. The molecule has 1 heterocycles. The van der Waals surface area contributed by atoms with Crippen molar-refractivity contribution in [2.24, 2.45) is 0 Å². The molecular weight excluding hydrogens is 330 g/mol. The summed E-state index contributed by atoms with van der Waals surface area (Å²) in [6.07, 6.45) is 1.60. The number of urea groups is 1. The largest absolute Gasteiger partial charge is 0.351 e. The van der Waals surface area contributed by atoms with Crippen molar-refractivity contribution in [1.29, 1.82) is 0 Å². The van der Waals surface area contributed by atoms with E-state index in [0.29, 0.717) is 23.6 Å². The van der Waals surface area contributed by atoms with Crippen LogP contribution in [0.2, 0.25) is 0 Å². The van der Waals surface area contributed by atoms with Gasteiger partial charge in [0.05, 0.1) is 0 Å². The lowest BCUT2D eigenvalue weighted by atomic mass is 10.2. The summed E-state index contributed by atoms with van der Waals surface area (Å²) in [5.74, 6) is 0.343. The van der Waals surface area contributed by atoms with Crippen molar-refractivity contribution in [1.82, 2.24) is 15.2 Å². The Labute approximate surface area is 153 Å². The molecule has 138 valence electrons. The Morgan fingerprint density at radius 2 is 1.73 bits per heavy atom. The quantitative estimate of drug-likeness (QED) is 0.680. The summed E-state index contributed by atoms with van der Waals surface area (Å²) in [5, 5.41) is 8.24. The molecule has 0 aliphatic heterocycles. The minimum Gasteiger partial charge on any atom is -0.351 e. The van der Waals surface area contributed by atoms with Gasteiger partial charge in [-0.1, -0.05) is 19.9 Å². The zero-order valence-corrected chi connectivity index (χ0v) is 15.2. The van der Waals surface area contributed by atoms with E-state index in [1.165, 1.54) is 0 Å². The lowest BCUT2D eigenvalue weighted by molar-refractivity contribution is 0.0949. The minimum absolute atomic E-state index is 0.123. The number of anilines is 2. The molecule has 26 heavy (non-hydrogen) atoms. The fourth-order valence-electron chi connectivity index (χ4n) is 2.39. The van der Waals surface area contributed by atoms with Crippen LogP contribution >= 0.6 is 0 Å². The van der Waals surface area contributed by atoms with Crippen molar-refractivity contribution in [3.63, 3.8) is 0 Å². The molecule has 0 unspecified atom stereocenters. The van der Waals surface area contributed by atoms with E-state index in [2.05, 4.69) is 39.7 Å². The molecule has 0 saturated heterocycles. The van der Waals surface area contributed by atoms with Gasteiger partial charge in [-0.15, -0.1) is 0 Å². The fourth-order valence-corrected chi connectivity index (χ4v) is 2.39. The summed E-state index contributed by atoms with van der Waals surface area (Å²) in [4.78, 5) is 30.3. The number of rotatable bonds is 8. The summed E-state index contributed by atoms with van der Waals surface area (Å²) in [7, 11) is 0. The molecule has 0 spiro atoms. The van der Waals surface area contributed by atoms with E-state index in [4.69, 9.17) is 0 Å². The van der Waals surface area contributed by atoms with E-state index in [1.807, 2.05) is 0 Å². The Kier molecular flexibility index (Phi) is 7.57. The van der Waals surface area contributed by atoms with E-state index < -0.39 is 0 Å². The third kappa shape index (κ3) is 6.18. The van der Waals surface area contributed by atoms with E-state index in [-0.39, 0.29) is 11.9 Å². The minimum atomic E-state index is -0.389. The molecule has 0 aliphatic carbocycles. The first kappa shape index (κ1) is 19.4. The van der Waals surface area contributed by atoms with Crippen LogP contribution in [0.25, 0.3) is 0 Å². The van der Waals surface area contributed by atoms with Crippen molar-refractivity contribution >= 4 is 23.4 Å². The second-order valence-corrected chi connectivity index (χ2v) is 5.65. The molecule has 2 rings (SSSR count). The number of aromatic nitrogens is 1. The van der Waals surface area contributed by atoms with Gasteiger partial charge in [-0.05, 0) is 49.5 Å². The highest BCUT2D eigenvalue weighted by Gasteiger charge is 2.07. The highest BCUT2D eigenvalue weighted by Crippen LogP contribution is 2.10. The van der Waals surface area contributed by atoms with E-state index in [0.717, 1.165) is 19.6 Å². The standard InChI is InChI=1S/C19H25N5O2/c1-3-24(4-2)14-13-21-18(25)15-8-10-16(11-9-15)22-19(26)23-17-7-5-6-12-20-17/h5-12H,3-4,13-14H2,1-2H3,(H,21,25)(H2,20,22,23,26). The number of hydrogen-bond donors (Lipinski definition) is 3. The highest BCUT2D eigenvalue weighted by atomic mass is 16.2. The van der Waals surface area contributed by atoms with Gasteiger partial charge in [0, 0.05) is 30.5 Å². The van der Waals surface area contributed by atoms with Crippen LogP contribution in [-0.4, -0.2) is 48.0 Å². The molecule has 3 N–H and O–H groups in total. The molecular formula is C19H25N5O2. The van der Waals surface area contributed by atoms with Crippen LogP contribution in [-0.2, 0) is 0 Å². The van der Waals surface area contributed by atoms with Crippen molar-refractivity contribution in [2.45, 2.75) is 13.8 Å². The molecule has 7 heteroatoms. The number of amides is 3. The maximum absolute atomic E-state index is 12.1. The van der Waals surface area contributed by atoms with Gasteiger partial charge in [0.2, 0.25) is 0 Å². The third-order valence-corrected chi connectivity index (χ3v) is 3.92. The first-order chi connectivity index (χ1) is 12.6. The fraction of sp³-hybridized carbons (Fsp3) is 0.316. The normalized spacial score (nSPS) is 10.4. The lowest BCUT2D eigenvalue weighted by Crippen LogP contribution is -2.34. The Balaban J connectivity index is 1.81. The summed E-state index contributed by atoms with van der Waals surface area (Å²) in [5.41, 5.74) is 1.15. The Morgan fingerprint density at radius 3 is 2.35 bits per heavy atom. The second kappa shape index (κ2) is 10.1. The maximum atomic E-state index is 12.1. The lowest BCUT2D eigenvalue weighted by Gasteiger charge is -2.18. The SMILES string of the molecule is CCN(CC)CCNC(=O)c1ccc(NC(=O)Nc2ccccn2)cc1. The van der Waals surface area contributed by atoms with E-state index in [9.17, 15) is 9.59 Å². The molecule has 2 aromatic rings. The van der Waals surface area contributed by atoms with Crippen molar-refractivity contribution < 1.29 is 9.59 Å². The van der Waals surface area contributed by atoms with Crippen LogP contribution in [0.5, 0.6) is 0 Å². The number of nitrogens with one attached hydrogen (secondary N) is 3. The summed E-state index contributed by atoms with van der Waals surface area (Å²) >= 11 is 0. The van der Waals surface area contributed by atoms with Crippen LogP contribution in [0.1, 0.15) is 24.2 Å². The molecule has 0 atom stereocenters. The number of nitrogens with zero attached hydrogens (tertiary/aromatic N) is 2. The topological polar surface area (TPSA) is 86.4 Å². The molecule has 0 fully saturated rings. The zero-order valence-electron chi connectivity index (χ0n) is 15.2. The monoisotopic (exact) mass is 355 g/mol. The van der Waals surface area contributed by atoms with Gasteiger partial charge >= 0.3 is 6.03 Å². The third-order valence-electron chi connectivity index (χ3n) is 3.92. The van der Waals surface area contributed by atoms with Gasteiger partial charge in [0.25, 0.3) is 5.91 Å². The molecule has 0 bridgehead atoms. The smallest absolute Gasteiger partial charge is 0.324 e. The van der Waals surface area contributed by atoms with E-state index in [1.54, 1.807) is 48.7 Å². The summed E-state index contributed by atoms with van der Waals surface area (Å²) < 4.78 is 0. The Morgan fingerprint density at radius 1 is 1.00 bits per heavy atom. The van der Waals surface area contributed by atoms with Gasteiger partial charge in [-0.25, -0.2) is 9.78 Å². The average molecular weight is 355 g/mol. The van der Waals surface area contributed by atoms with Gasteiger partial charge in [0.15, 0.2) is 0 Å². The summed E-state index contributed by atoms with van der Waals surface area (Å²) in [6, 6.07) is 11.6. The number of carbonyl (C=O) groups excluding carboxylic acids is 2. The molecule has 0 radical (unpaired) electrons. The Hall–Kier alpha value is -2.93. The molecule has 1 aromatic carbocycles. The Bertz CT molecular complexity index is 700. The highest BCUT2D eigenvalue weighted by molar-refractivity contribution is 6.00. The second-order valence-electron chi connectivity index (χ2n) is 5.65. The van der Waals surface area contributed by atoms with Gasteiger partial charge < -0.3 is 15.5 Å². The van der Waals surface area contributed by atoms with Gasteiger partial charge in [0.1, 0.15) is 5.82 Å². The number of likely N-dealkylation sites (N-methyl/N-ethyl adjacent to an activating group) is 1. The van der Waals surface area contributed by atoms with Crippen LogP contribution < -0.4 is 16.0 Å². The van der Waals surface area contributed by atoms with Crippen LogP contribution in [0, 0.1) is 0 Å². The number of carbonyl (C=O) groups is 2. The molecule has 3 amide bonds. The van der Waals surface area contributed by atoms with E-state index >= 15 is 0 Å². The van der Waals surface area contributed by atoms with Crippen molar-refractivity contribution in [3.05, 3.63) is 54.2 Å². The molecule has 1 aromatic heterocycles. The number of benzene rings is 1. The average Bonchev–Trinajstić information content (AvgIpc) is 2.66. The number of pyridine rings is 1. The molecule has 7 nitrogen and oxygen atoms in total. The number of hydrogen-bond acceptors (Lipinski definition) is 4. The maximum Gasteiger partial charge on any atom is 0.324 e. The zero-order chi connectivity index (χ0) is 18.8. The van der Waals surface area contributed by atoms with Gasteiger partial charge in [-0.2, -0.15) is 0 Å². The van der Waals surface area contributed by atoms with Crippen molar-refractivity contribution in [2.75, 3.05) is 36.8 Å². The first-order valence-corrected chi connectivity index (χ1v) is 8.72. The van der Waals surface area contributed by atoms with Crippen LogP contribution in [0.15, 0.2) is 48.7 Å².